The number of benzene rings is 1. The standard InChI is InChI=1S/C19H25N5O2/c1-20-17(15-12-21-23(2)13-15)19(26)24-10-8-14(9-11-24)18(25)22-16-6-4-3-5-7-16/h3-7,12-14,17,20H,8-11H2,1-2H3,(H,22,25). The lowest BCUT2D eigenvalue weighted by atomic mass is 9.95. The molecule has 26 heavy (non-hydrogen) atoms. The van der Waals surface area contributed by atoms with E-state index in [0.717, 1.165) is 11.3 Å². The van der Waals surface area contributed by atoms with Crippen LogP contribution in [0.5, 0.6) is 0 Å². The molecule has 1 saturated heterocycles. The molecule has 0 aliphatic carbocycles. The first-order valence-corrected chi connectivity index (χ1v) is 8.89. The summed E-state index contributed by atoms with van der Waals surface area (Å²) in [5.41, 5.74) is 1.66. The maximum Gasteiger partial charge on any atom is 0.244 e. The first kappa shape index (κ1) is 18.1. The Morgan fingerprint density at radius 3 is 2.46 bits per heavy atom. The van der Waals surface area contributed by atoms with Crippen molar-refractivity contribution < 1.29 is 9.59 Å². The molecular weight excluding hydrogens is 330 g/mol. The molecule has 1 fully saturated rings. The van der Waals surface area contributed by atoms with E-state index in [9.17, 15) is 9.59 Å². The molecular formula is C19H25N5O2. The Hall–Kier alpha value is -2.67. The topological polar surface area (TPSA) is 79.3 Å². The van der Waals surface area contributed by atoms with Gasteiger partial charge >= 0.3 is 0 Å². The number of carbonyl (C=O) groups excluding carboxylic acids is 2. The minimum absolute atomic E-state index is 0.0284. The van der Waals surface area contributed by atoms with Crippen molar-refractivity contribution in [3.63, 3.8) is 0 Å². The third-order valence-electron chi connectivity index (χ3n) is 4.81. The van der Waals surface area contributed by atoms with Crippen molar-refractivity contribution in [2.24, 2.45) is 13.0 Å². The molecule has 7 nitrogen and oxygen atoms in total. The van der Waals surface area contributed by atoms with Crippen LogP contribution in [0, 0.1) is 5.92 Å². The predicted octanol–water partition coefficient (Wildman–Crippen LogP) is 1.56. The van der Waals surface area contributed by atoms with Crippen LogP contribution < -0.4 is 10.6 Å². The van der Waals surface area contributed by atoms with Crippen molar-refractivity contribution in [1.29, 1.82) is 0 Å². The fourth-order valence-electron chi connectivity index (χ4n) is 3.33. The molecule has 3 rings (SSSR count). The van der Waals surface area contributed by atoms with Crippen LogP contribution in [0.1, 0.15) is 24.4 Å². The lowest BCUT2D eigenvalue weighted by Gasteiger charge is -2.33. The number of para-hydroxylation sites is 1. The zero-order valence-corrected chi connectivity index (χ0v) is 15.2. The molecule has 1 aliphatic heterocycles. The molecule has 1 atom stereocenters. The minimum atomic E-state index is -0.404. The molecule has 7 heteroatoms. The van der Waals surface area contributed by atoms with Crippen LogP contribution in [-0.2, 0) is 16.6 Å². The first-order chi connectivity index (χ1) is 12.6. The molecule has 2 N–H and O–H groups in total. The Bertz CT molecular complexity index is 750. The first-order valence-electron chi connectivity index (χ1n) is 8.89. The number of piperidine rings is 1. The number of hydrogen-bond donors (Lipinski definition) is 2. The lowest BCUT2D eigenvalue weighted by Crippen LogP contribution is -2.45. The van der Waals surface area contributed by atoms with Crippen molar-refractivity contribution in [3.8, 4) is 0 Å². The van der Waals surface area contributed by atoms with Crippen molar-refractivity contribution >= 4 is 17.5 Å². The smallest absolute Gasteiger partial charge is 0.244 e. The fraction of sp³-hybridized carbons (Fsp3) is 0.421. The second kappa shape index (κ2) is 8.14. The maximum atomic E-state index is 12.8. The van der Waals surface area contributed by atoms with Gasteiger partial charge in [0.1, 0.15) is 6.04 Å². The normalized spacial score (nSPS) is 16.3. The summed E-state index contributed by atoms with van der Waals surface area (Å²) in [6, 6.07) is 9.06. The molecule has 2 amide bonds. The Morgan fingerprint density at radius 1 is 1.19 bits per heavy atom. The summed E-state index contributed by atoms with van der Waals surface area (Å²) in [6.45, 7) is 1.17. The van der Waals surface area contributed by atoms with Crippen LogP contribution in [0.15, 0.2) is 42.7 Å². The van der Waals surface area contributed by atoms with Gasteiger partial charge in [0.2, 0.25) is 11.8 Å². The van der Waals surface area contributed by atoms with E-state index in [0.29, 0.717) is 25.9 Å². The summed E-state index contributed by atoms with van der Waals surface area (Å²) in [7, 11) is 3.60. The van der Waals surface area contributed by atoms with E-state index in [1.165, 1.54) is 0 Å². The number of likely N-dealkylation sites (N-methyl/N-ethyl adjacent to an activating group) is 1. The molecule has 0 spiro atoms. The highest BCUT2D eigenvalue weighted by molar-refractivity contribution is 5.92. The van der Waals surface area contributed by atoms with E-state index >= 15 is 0 Å². The van der Waals surface area contributed by atoms with Crippen LogP contribution in [-0.4, -0.2) is 46.6 Å². The summed E-state index contributed by atoms with van der Waals surface area (Å²) < 4.78 is 1.69. The Kier molecular flexibility index (Phi) is 5.68. The number of amides is 2. The monoisotopic (exact) mass is 355 g/mol. The number of aryl methyl sites for hydroxylation is 1. The molecule has 1 aromatic carbocycles. The number of rotatable bonds is 5. The minimum Gasteiger partial charge on any atom is -0.341 e. The highest BCUT2D eigenvalue weighted by Gasteiger charge is 2.31. The van der Waals surface area contributed by atoms with Crippen LogP contribution >= 0.6 is 0 Å². The number of aromatic nitrogens is 2. The molecule has 1 unspecified atom stereocenters. The van der Waals surface area contributed by atoms with Crippen molar-refractivity contribution in [2.45, 2.75) is 18.9 Å². The quantitative estimate of drug-likeness (QED) is 0.853. The molecule has 1 aromatic heterocycles. The average molecular weight is 355 g/mol. The molecule has 2 aromatic rings. The number of likely N-dealkylation sites (tertiary alicyclic amines) is 1. The molecule has 0 bridgehead atoms. The zero-order valence-electron chi connectivity index (χ0n) is 15.2. The van der Waals surface area contributed by atoms with Gasteiger partial charge in [-0.2, -0.15) is 5.10 Å². The predicted molar refractivity (Wildman–Crippen MR) is 99.4 cm³/mol. The fourth-order valence-corrected chi connectivity index (χ4v) is 3.33. The number of carbonyl (C=O) groups is 2. The molecule has 1 aliphatic rings. The molecule has 138 valence electrons. The average Bonchev–Trinajstić information content (AvgIpc) is 3.09. The summed E-state index contributed by atoms with van der Waals surface area (Å²) in [5, 5.41) is 10.2. The van der Waals surface area contributed by atoms with Gasteiger partial charge in [-0.1, -0.05) is 18.2 Å². The van der Waals surface area contributed by atoms with Gasteiger partial charge in [-0.3, -0.25) is 14.3 Å². The lowest BCUT2D eigenvalue weighted by molar-refractivity contribution is -0.136. The number of nitrogens with one attached hydrogen (secondary N) is 2. The van der Waals surface area contributed by atoms with E-state index in [1.807, 2.05) is 48.5 Å². The number of hydrogen-bond acceptors (Lipinski definition) is 4. The number of anilines is 1. The summed E-state index contributed by atoms with van der Waals surface area (Å²) >= 11 is 0. The van der Waals surface area contributed by atoms with Crippen molar-refractivity contribution in [2.75, 3.05) is 25.5 Å². The largest absolute Gasteiger partial charge is 0.341 e. The zero-order chi connectivity index (χ0) is 18.5. The molecule has 2 heterocycles. The van der Waals surface area contributed by atoms with Gasteiger partial charge in [-0.15, -0.1) is 0 Å². The van der Waals surface area contributed by atoms with Crippen LogP contribution in [0.2, 0.25) is 0 Å². The van der Waals surface area contributed by atoms with Gasteiger partial charge < -0.3 is 15.5 Å². The van der Waals surface area contributed by atoms with Gasteiger partial charge in [0.25, 0.3) is 0 Å². The van der Waals surface area contributed by atoms with Gasteiger partial charge in [-0.25, -0.2) is 0 Å². The van der Waals surface area contributed by atoms with Gasteiger partial charge in [0, 0.05) is 43.5 Å². The highest BCUT2D eigenvalue weighted by Crippen LogP contribution is 2.23. The van der Waals surface area contributed by atoms with Crippen molar-refractivity contribution in [3.05, 3.63) is 48.3 Å². The third kappa shape index (κ3) is 4.11. The second-order valence-electron chi connectivity index (χ2n) is 6.62. The summed E-state index contributed by atoms with van der Waals surface area (Å²) in [5.74, 6) is -0.00572. The Balaban J connectivity index is 1.55. The van der Waals surface area contributed by atoms with E-state index in [-0.39, 0.29) is 17.7 Å². The van der Waals surface area contributed by atoms with Gasteiger partial charge in [0.05, 0.1) is 6.20 Å². The van der Waals surface area contributed by atoms with E-state index < -0.39 is 6.04 Å². The van der Waals surface area contributed by atoms with Crippen LogP contribution in [0.25, 0.3) is 0 Å². The Labute approximate surface area is 153 Å². The maximum absolute atomic E-state index is 12.8. The highest BCUT2D eigenvalue weighted by atomic mass is 16.2. The van der Waals surface area contributed by atoms with E-state index in [2.05, 4.69) is 15.7 Å². The Morgan fingerprint density at radius 2 is 1.88 bits per heavy atom. The van der Waals surface area contributed by atoms with Gasteiger partial charge in [0.15, 0.2) is 0 Å². The summed E-state index contributed by atoms with van der Waals surface area (Å²) in [6.07, 6.45) is 4.90. The van der Waals surface area contributed by atoms with E-state index in [1.54, 1.807) is 17.9 Å². The van der Waals surface area contributed by atoms with Gasteiger partial charge in [-0.05, 0) is 32.0 Å². The second-order valence-corrected chi connectivity index (χ2v) is 6.62. The summed E-state index contributed by atoms with van der Waals surface area (Å²) in [4.78, 5) is 27.1. The van der Waals surface area contributed by atoms with Crippen molar-refractivity contribution in [1.82, 2.24) is 20.0 Å². The molecule has 0 saturated carbocycles. The van der Waals surface area contributed by atoms with Crippen LogP contribution in [0.4, 0.5) is 5.69 Å². The van der Waals surface area contributed by atoms with E-state index in [4.69, 9.17) is 0 Å². The SMILES string of the molecule is CNC(C(=O)N1CCC(C(=O)Nc2ccccc2)CC1)c1cnn(C)c1. The number of nitrogens with zero attached hydrogens (tertiary/aromatic N) is 3. The van der Waals surface area contributed by atoms with Crippen LogP contribution in [0.3, 0.4) is 0 Å². The molecule has 0 radical (unpaired) electrons. The third-order valence-corrected chi connectivity index (χ3v) is 4.81.